The fourth-order valence-corrected chi connectivity index (χ4v) is 1.76. The second-order valence-corrected chi connectivity index (χ2v) is 5.72. The van der Waals surface area contributed by atoms with E-state index in [-0.39, 0.29) is 11.3 Å². The highest BCUT2D eigenvalue weighted by Crippen LogP contribution is 2.23. The van der Waals surface area contributed by atoms with E-state index in [1.807, 2.05) is 20.8 Å². The number of rotatable bonds is 3. The lowest BCUT2D eigenvalue weighted by Gasteiger charge is -2.19. The number of hydrogen-bond donors (Lipinski definition) is 3. The fourth-order valence-electron chi connectivity index (χ4n) is 1.76. The normalized spacial score (nSPS) is 11.0. The standard InChI is InChI=1S/C15H19N5O/c1-15(2,3)12-7-10(8-13(19-12)20-16)14(21)18-11-5-4-6-17-9-11/h4-9H,16H2,1-3H3,(H,18,21)(H,19,20). The molecular weight excluding hydrogens is 266 g/mol. The molecule has 0 aliphatic rings. The number of hydrazine groups is 1. The third kappa shape index (κ3) is 3.76. The lowest BCUT2D eigenvalue weighted by Crippen LogP contribution is -2.20. The maximum absolute atomic E-state index is 12.3. The fraction of sp³-hybridized carbons (Fsp3) is 0.267. The molecule has 6 heteroatoms. The number of nitrogens with one attached hydrogen (secondary N) is 2. The molecule has 2 heterocycles. The zero-order chi connectivity index (χ0) is 15.5. The number of amides is 1. The van der Waals surface area contributed by atoms with Crippen molar-refractivity contribution in [1.29, 1.82) is 0 Å². The number of aromatic nitrogens is 2. The Morgan fingerprint density at radius 2 is 2.05 bits per heavy atom. The van der Waals surface area contributed by atoms with E-state index < -0.39 is 0 Å². The Balaban J connectivity index is 2.32. The molecule has 2 aromatic rings. The summed E-state index contributed by atoms with van der Waals surface area (Å²) in [5, 5.41) is 2.79. The molecule has 2 rings (SSSR count). The highest BCUT2D eigenvalue weighted by atomic mass is 16.1. The van der Waals surface area contributed by atoms with Crippen molar-refractivity contribution in [3.63, 3.8) is 0 Å². The van der Waals surface area contributed by atoms with E-state index >= 15 is 0 Å². The predicted octanol–water partition coefficient (Wildman–Crippen LogP) is 2.31. The quantitative estimate of drug-likeness (QED) is 0.594. The summed E-state index contributed by atoms with van der Waals surface area (Å²) in [6.07, 6.45) is 3.24. The molecule has 21 heavy (non-hydrogen) atoms. The lowest BCUT2D eigenvalue weighted by molar-refractivity contribution is 0.102. The van der Waals surface area contributed by atoms with Crippen molar-refractivity contribution in [2.75, 3.05) is 10.7 Å². The number of nitrogen functional groups attached to an aromatic ring is 1. The molecule has 2 aromatic heterocycles. The van der Waals surface area contributed by atoms with E-state index in [2.05, 4.69) is 20.7 Å². The van der Waals surface area contributed by atoms with E-state index in [1.54, 1.807) is 36.7 Å². The van der Waals surface area contributed by atoms with Crippen molar-refractivity contribution < 1.29 is 4.79 Å². The maximum Gasteiger partial charge on any atom is 0.255 e. The SMILES string of the molecule is CC(C)(C)c1cc(C(=O)Nc2cccnc2)cc(NN)n1. The van der Waals surface area contributed by atoms with Gasteiger partial charge in [0.2, 0.25) is 0 Å². The van der Waals surface area contributed by atoms with E-state index in [0.717, 1.165) is 5.69 Å². The Bertz CT molecular complexity index is 634. The van der Waals surface area contributed by atoms with Gasteiger partial charge in [-0.2, -0.15) is 0 Å². The monoisotopic (exact) mass is 285 g/mol. The smallest absolute Gasteiger partial charge is 0.255 e. The number of carbonyl (C=O) groups is 1. The zero-order valence-electron chi connectivity index (χ0n) is 12.3. The number of pyridine rings is 2. The molecule has 0 saturated carbocycles. The number of anilines is 2. The molecule has 0 fully saturated rings. The molecule has 4 N–H and O–H groups in total. The first kappa shape index (κ1) is 14.9. The minimum Gasteiger partial charge on any atom is -0.321 e. The Labute approximate surface area is 123 Å². The van der Waals surface area contributed by atoms with Gasteiger partial charge in [0, 0.05) is 22.9 Å². The van der Waals surface area contributed by atoms with Gasteiger partial charge in [-0.05, 0) is 24.3 Å². The van der Waals surface area contributed by atoms with Crippen LogP contribution >= 0.6 is 0 Å². The van der Waals surface area contributed by atoms with Crippen LogP contribution in [-0.2, 0) is 5.41 Å². The van der Waals surface area contributed by atoms with Gasteiger partial charge in [0.1, 0.15) is 5.82 Å². The first-order valence-electron chi connectivity index (χ1n) is 6.61. The third-order valence-electron chi connectivity index (χ3n) is 2.92. The van der Waals surface area contributed by atoms with Gasteiger partial charge in [0.15, 0.2) is 0 Å². The average Bonchev–Trinajstić information content (AvgIpc) is 2.46. The van der Waals surface area contributed by atoms with Gasteiger partial charge in [-0.1, -0.05) is 20.8 Å². The summed E-state index contributed by atoms with van der Waals surface area (Å²) in [4.78, 5) is 20.7. The summed E-state index contributed by atoms with van der Waals surface area (Å²) < 4.78 is 0. The lowest BCUT2D eigenvalue weighted by atomic mass is 9.90. The van der Waals surface area contributed by atoms with Crippen molar-refractivity contribution in [2.24, 2.45) is 5.84 Å². The summed E-state index contributed by atoms with van der Waals surface area (Å²) in [6, 6.07) is 6.92. The van der Waals surface area contributed by atoms with Gasteiger partial charge >= 0.3 is 0 Å². The predicted molar refractivity (Wildman–Crippen MR) is 82.9 cm³/mol. The molecular formula is C15H19N5O. The molecule has 0 radical (unpaired) electrons. The van der Waals surface area contributed by atoms with Crippen LogP contribution < -0.4 is 16.6 Å². The van der Waals surface area contributed by atoms with Crippen LogP contribution in [0.1, 0.15) is 36.8 Å². The van der Waals surface area contributed by atoms with Crippen LogP contribution in [0.5, 0.6) is 0 Å². The van der Waals surface area contributed by atoms with Gasteiger partial charge in [-0.25, -0.2) is 10.8 Å². The molecule has 1 amide bonds. The first-order valence-corrected chi connectivity index (χ1v) is 6.61. The Morgan fingerprint density at radius 3 is 2.62 bits per heavy atom. The van der Waals surface area contributed by atoms with Gasteiger partial charge < -0.3 is 10.7 Å². The van der Waals surface area contributed by atoms with Crippen molar-refractivity contribution >= 4 is 17.4 Å². The summed E-state index contributed by atoms with van der Waals surface area (Å²) >= 11 is 0. The number of nitrogens with zero attached hydrogens (tertiary/aromatic N) is 2. The van der Waals surface area contributed by atoms with Crippen LogP contribution in [0.25, 0.3) is 0 Å². The van der Waals surface area contributed by atoms with E-state index in [0.29, 0.717) is 17.1 Å². The van der Waals surface area contributed by atoms with Crippen LogP contribution in [0.15, 0.2) is 36.7 Å². The maximum atomic E-state index is 12.3. The molecule has 0 atom stereocenters. The van der Waals surface area contributed by atoms with Gasteiger partial charge in [0.05, 0.1) is 11.9 Å². The largest absolute Gasteiger partial charge is 0.321 e. The Hall–Kier alpha value is -2.47. The summed E-state index contributed by atoms with van der Waals surface area (Å²) in [5.74, 6) is 5.66. The summed E-state index contributed by atoms with van der Waals surface area (Å²) in [7, 11) is 0. The molecule has 0 unspecified atom stereocenters. The molecule has 0 saturated heterocycles. The first-order chi connectivity index (χ1) is 9.90. The minimum atomic E-state index is -0.229. The van der Waals surface area contributed by atoms with Gasteiger partial charge in [0.25, 0.3) is 5.91 Å². The number of hydrogen-bond acceptors (Lipinski definition) is 5. The topological polar surface area (TPSA) is 92.9 Å². The van der Waals surface area contributed by atoms with Gasteiger partial charge in [-0.3, -0.25) is 9.78 Å². The van der Waals surface area contributed by atoms with E-state index in [9.17, 15) is 4.79 Å². The van der Waals surface area contributed by atoms with Crippen LogP contribution in [0.3, 0.4) is 0 Å². The van der Waals surface area contributed by atoms with Crippen LogP contribution in [0.4, 0.5) is 11.5 Å². The zero-order valence-corrected chi connectivity index (χ0v) is 12.3. The Morgan fingerprint density at radius 1 is 1.29 bits per heavy atom. The van der Waals surface area contributed by atoms with Crippen molar-refractivity contribution in [3.05, 3.63) is 47.9 Å². The van der Waals surface area contributed by atoms with Crippen molar-refractivity contribution in [2.45, 2.75) is 26.2 Å². The molecule has 110 valence electrons. The highest BCUT2D eigenvalue weighted by Gasteiger charge is 2.19. The van der Waals surface area contributed by atoms with Crippen LogP contribution in [0, 0.1) is 0 Å². The molecule has 0 spiro atoms. The van der Waals surface area contributed by atoms with E-state index in [4.69, 9.17) is 5.84 Å². The summed E-state index contributed by atoms with van der Waals surface area (Å²) in [5.41, 5.74) is 4.23. The minimum absolute atomic E-state index is 0.184. The molecule has 0 aliphatic heterocycles. The van der Waals surface area contributed by atoms with Crippen LogP contribution in [-0.4, -0.2) is 15.9 Å². The molecule has 6 nitrogen and oxygen atoms in total. The second-order valence-electron chi connectivity index (χ2n) is 5.72. The second kappa shape index (κ2) is 5.88. The number of nitrogens with two attached hydrogens (primary N) is 1. The highest BCUT2D eigenvalue weighted by molar-refractivity contribution is 6.04. The van der Waals surface area contributed by atoms with Gasteiger partial charge in [-0.15, -0.1) is 0 Å². The molecule has 0 aliphatic carbocycles. The Kier molecular flexibility index (Phi) is 4.18. The van der Waals surface area contributed by atoms with Crippen molar-refractivity contribution in [3.8, 4) is 0 Å². The summed E-state index contributed by atoms with van der Waals surface area (Å²) in [6.45, 7) is 6.08. The molecule has 0 bridgehead atoms. The third-order valence-corrected chi connectivity index (χ3v) is 2.92. The number of carbonyl (C=O) groups excluding carboxylic acids is 1. The van der Waals surface area contributed by atoms with E-state index in [1.165, 1.54) is 0 Å². The average molecular weight is 285 g/mol. The van der Waals surface area contributed by atoms with Crippen molar-refractivity contribution in [1.82, 2.24) is 9.97 Å². The molecule has 0 aromatic carbocycles. The van der Waals surface area contributed by atoms with Crippen LogP contribution in [0.2, 0.25) is 0 Å².